The zero-order valence-electron chi connectivity index (χ0n) is 17.3. The predicted octanol–water partition coefficient (Wildman–Crippen LogP) is 4.46. The van der Waals surface area contributed by atoms with Crippen LogP contribution in [0.1, 0.15) is 60.2 Å². The summed E-state index contributed by atoms with van der Waals surface area (Å²) in [6, 6.07) is 6.24. The third kappa shape index (κ3) is 4.64. The highest BCUT2D eigenvalue weighted by atomic mass is 32.1. The Morgan fingerprint density at radius 1 is 1.37 bits per heavy atom. The van der Waals surface area contributed by atoms with Crippen LogP contribution in [0.4, 0.5) is 0 Å². The van der Waals surface area contributed by atoms with Gasteiger partial charge in [0.15, 0.2) is 0 Å². The number of hydrogen-bond acceptors (Lipinski definition) is 3. The molecule has 1 saturated heterocycles. The molecule has 3 rings (SSSR count). The van der Waals surface area contributed by atoms with Crippen LogP contribution in [0.2, 0.25) is 0 Å². The molecule has 2 aromatic rings. The monoisotopic (exact) mass is 387 g/mol. The quantitative estimate of drug-likeness (QED) is 0.795. The van der Waals surface area contributed by atoms with Crippen LogP contribution >= 0.6 is 11.3 Å². The molecule has 0 spiro atoms. The Bertz CT molecular complexity index is 776. The molecule has 0 bridgehead atoms. The maximum atomic E-state index is 12.9. The molecule has 1 unspecified atom stereocenters. The first-order valence-electron chi connectivity index (χ1n) is 10.0. The van der Waals surface area contributed by atoms with Gasteiger partial charge in [0.05, 0.1) is 12.1 Å². The highest BCUT2D eigenvalue weighted by Crippen LogP contribution is 2.24. The van der Waals surface area contributed by atoms with Gasteiger partial charge in [-0.25, -0.2) is 0 Å². The van der Waals surface area contributed by atoms with Gasteiger partial charge in [-0.2, -0.15) is 0 Å². The number of likely N-dealkylation sites (tertiary alicyclic amines) is 1. The Balaban J connectivity index is 1.66. The molecule has 1 aliphatic rings. The van der Waals surface area contributed by atoms with Crippen molar-refractivity contribution >= 4 is 17.2 Å². The highest BCUT2D eigenvalue weighted by molar-refractivity contribution is 7.09. The number of rotatable bonds is 6. The van der Waals surface area contributed by atoms with Gasteiger partial charge in [-0.15, -0.1) is 11.3 Å². The molecule has 27 heavy (non-hydrogen) atoms. The number of thiophene rings is 1. The minimum atomic E-state index is -0.0210. The normalized spacial score (nSPS) is 18.6. The van der Waals surface area contributed by atoms with Gasteiger partial charge < -0.3 is 9.88 Å². The van der Waals surface area contributed by atoms with Crippen molar-refractivity contribution in [3.8, 4) is 0 Å². The molecule has 1 aliphatic heterocycles. The Morgan fingerprint density at radius 3 is 2.81 bits per heavy atom. The molecule has 1 amide bonds. The molecule has 1 fully saturated rings. The van der Waals surface area contributed by atoms with Crippen molar-refractivity contribution in [2.24, 2.45) is 5.92 Å². The second-order valence-corrected chi connectivity index (χ2v) is 9.67. The summed E-state index contributed by atoms with van der Waals surface area (Å²) in [5.41, 5.74) is 2.96. The van der Waals surface area contributed by atoms with Gasteiger partial charge in [-0.05, 0) is 70.5 Å². The van der Waals surface area contributed by atoms with Gasteiger partial charge in [0, 0.05) is 34.9 Å². The van der Waals surface area contributed by atoms with Crippen LogP contribution in [0, 0.1) is 19.8 Å². The smallest absolute Gasteiger partial charge is 0.253 e. The summed E-state index contributed by atoms with van der Waals surface area (Å²) in [5, 5.41) is 5.30. The van der Waals surface area contributed by atoms with E-state index in [1.807, 2.05) is 13.0 Å². The van der Waals surface area contributed by atoms with Crippen LogP contribution in [0.15, 0.2) is 23.6 Å². The van der Waals surface area contributed by atoms with E-state index in [4.69, 9.17) is 0 Å². The molecule has 4 nitrogen and oxygen atoms in total. The first-order valence-corrected chi connectivity index (χ1v) is 10.9. The van der Waals surface area contributed by atoms with E-state index >= 15 is 0 Å². The Labute approximate surface area is 167 Å². The standard InChI is InChI=1S/C22H33N3OS/c1-16-8-6-10-24(13-16)22(4,5)15-23-21(26)20-12-17(2)25(18(20)3)14-19-9-7-11-27-19/h7,9,11-12,16H,6,8,10,13-15H2,1-5H3,(H,23,26). The maximum absolute atomic E-state index is 12.9. The number of aromatic nitrogens is 1. The number of amides is 1. The zero-order chi connectivity index (χ0) is 19.6. The first-order chi connectivity index (χ1) is 12.8. The Morgan fingerprint density at radius 2 is 2.15 bits per heavy atom. The van der Waals surface area contributed by atoms with Gasteiger partial charge in [-0.1, -0.05) is 13.0 Å². The van der Waals surface area contributed by atoms with E-state index in [0.29, 0.717) is 6.54 Å². The third-order valence-corrected chi connectivity index (χ3v) is 6.77. The van der Waals surface area contributed by atoms with Gasteiger partial charge in [0.2, 0.25) is 0 Å². The Kier molecular flexibility index (Phi) is 6.11. The summed E-state index contributed by atoms with van der Waals surface area (Å²) in [5.74, 6) is 0.781. The van der Waals surface area contributed by atoms with Crippen LogP contribution in [0.3, 0.4) is 0 Å². The van der Waals surface area contributed by atoms with Gasteiger partial charge in [0.1, 0.15) is 0 Å². The first kappa shape index (κ1) is 20.2. The molecule has 2 aromatic heterocycles. The lowest BCUT2D eigenvalue weighted by molar-refractivity contribution is 0.0657. The summed E-state index contributed by atoms with van der Waals surface area (Å²) >= 11 is 1.76. The lowest BCUT2D eigenvalue weighted by atomic mass is 9.93. The molecule has 0 radical (unpaired) electrons. The second-order valence-electron chi connectivity index (χ2n) is 8.64. The molecule has 5 heteroatoms. The average molecular weight is 388 g/mol. The molecule has 0 aliphatic carbocycles. The minimum absolute atomic E-state index is 0.0210. The Hall–Kier alpha value is -1.59. The maximum Gasteiger partial charge on any atom is 0.253 e. The highest BCUT2D eigenvalue weighted by Gasteiger charge is 2.30. The van der Waals surface area contributed by atoms with Crippen molar-refractivity contribution in [2.45, 2.75) is 59.5 Å². The average Bonchev–Trinajstić information content (AvgIpc) is 3.23. The largest absolute Gasteiger partial charge is 0.350 e. The van der Waals surface area contributed by atoms with Crippen molar-refractivity contribution in [2.75, 3.05) is 19.6 Å². The van der Waals surface area contributed by atoms with Gasteiger partial charge >= 0.3 is 0 Å². The van der Waals surface area contributed by atoms with E-state index in [1.54, 1.807) is 11.3 Å². The molecule has 148 valence electrons. The van der Waals surface area contributed by atoms with Crippen LogP contribution in [-0.2, 0) is 6.54 Å². The molecule has 1 atom stereocenters. The number of carbonyl (C=O) groups is 1. The zero-order valence-corrected chi connectivity index (χ0v) is 18.2. The lowest BCUT2D eigenvalue weighted by Crippen LogP contribution is -2.54. The van der Waals surface area contributed by atoms with Crippen LogP contribution < -0.4 is 5.32 Å². The lowest BCUT2D eigenvalue weighted by Gasteiger charge is -2.43. The second kappa shape index (κ2) is 8.19. The number of piperidine rings is 1. The van der Waals surface area contributed by atoms with Gasteiger partial charge in [-0.3, -0.25) is 9.69 Å². The SMILES string of the molecule is Cc1cc(C(=O)NCC(C)(C)N2CCCC(C)C2)c(C)n1Cc1cccs1. The number of carbonyl (C=O) groups excluding carboxylic acids is 1. The summed E-state index contributed by atoms with van der Waals surface area (Å²) in [6.45, 7) is 14.7. The molecule has 3 heterocycles. The van der Waals surface area contributed by atoms with E-state index in [9.17, 15) is 4.79 Å². The molecule has 0 saturated carbocycles. The van der Waals surface area contributed by atoms with E-state index in [-0.39, 0.29) is 11.4 Å². The topological polar surface area (TPSA) is 37.3 Å². The van der Waals surface area contributed by atoms with Crippen molar-refractivity contribution in [1.82, 2.24) is 14.8 Å². The fraction of sp³-hybridized carbons (Fsp3) is 0.591. The fourth-order valence-corrected chi connectivity index (χ4v) is 4.77. The minimum Gasteiger partial charge on any atom is -0.350 e. The predicted molar refractivity (Wildman–Crippen MR) is 114 cm³/mol. The van der Waals surface area contributed by atoms with Crippen LogP contribution in [-0.4, -0.2) is 40.5 Å². The van der Waals surface area contributed by atoms with E-state index in [0.717, 1.165) is 42.5 Å². The molecule has 1 N–H and O–H groups in total. The molecule has 0 aromatic carbocycles. The van der Waals surface area contributed by atoms with E-state index in [2.05, 4.69) is 60.0 Å². The van der Waals surface area contributed by atoms with Crippen molar-refractivity contribution in [3.05, 3.63) is 45.4 Å². The number of nitrogens with one attached hydrogen (secondary N) is 1. The summed E-state index contributed by atoms with van der Waals surface area (Å²) in [6.07, 6.45) is 2.57. The number of hydrogen-bond donors (Lipinski definition) is 1. The fourth-order valence-electron chi connectivity index (χ4n) is 4.08. The summed E-state index contributed by atoms with van der Waals surface area (Å²) < 4.78 is 2.23. The van der Waals surface area contributed by atoms with E-state index in [1.165, 1.54) is 17.7 Å². The molecular weight excluding hydrogens is 354 g/mol. The van der Waals surface area contributed by atoms with Crippen molar-refractivity contribution in [3.63, 3.8) is 0 Å². The van der Waals surface area contributed by atoms with Crippen LogP contribution in [0.5, 0.6) is 0 Å². The van der Waals surface area contributed by atoms with Crippen LogP contribution in [0.25, 0.3) is 0 Å². The van der Waals surface area contributed by atoms with Crippen molar-refractivity contribution in [1.29, 1.82) is 0 Å². The van der Waals surface area contributed by atoms with Gasteiger partial charge in [0.25, 0.3) is 5.91 Å². The molecular formula is C22H33N3OS. The summed E-state index contributed by atoms with van der Waals surface area (Å²) in [4.78, 5) is 16.7. The number of nitrogens with zero attached hydrogens (tertiary/aromatic N) is 2. The third-order valence-electron chi connectivity index (χ3n) is 5.91. The van der Waals surface area contributed by atoms with Crippen molar-refractivity contribution < 1.29 is 4.79 Å². The number of aryl methyl sites for hydroxylation is 1. The summed E-state index contributed by atoms with van der Waals surface area (Å²) in [7, 11) is 0. The van der Waals surface area contributed by atoms with E-state index < -0.39 is 0 Å².